The first-order valence-electron chi connectivity index (χ1n) is 5.62. The van der Waals surface area contributed by atoms with E-state index in [2.05, 4.69) is 0 Å². The third-order valence-corrected chi connectivity index (χ3v) is 2.48. The summed E-state index contributed by atoms with van der Waals surface area (Å²) in [5.74, 6) is 0.342. The largest absolute Gasteiger partial charge is 0.508 e. The number of phenolic OH excluding ortho intramolecular Hbond substituents is 1. The van der Waals surface area contributed by atoms with E-state index >= 15 is 0 Å². The molecule has 3 nitrogen and oxygen atoms in total. The second kappa shape index (κ2) is 5.87. The molecule has 2 N–H and O–H groups in total. The van der Waals surface area contributed by atoms with Crippen molar-refractivity contribution in [1.82, 2.24) is 4.90 Å². The Balaban J connectivity index is 2.73. The summed E-state index contributed by atoms with van der Waals surface area (Å²) in [4.78, 5) is 2.02. The Hall–Kier alpha value is -1.06. The molecule has 0 fully saturated rings. The number of aryl methyl sites for hydroxylation is 1. The first-order valence-corrected chi connectivity index (χ1v) is 5.62. The van der Waals surface area contributed by atoms with Crippen molar-refractivity contribution in [3.63, 3.8) is 0 Å². The molecular formula is C13H21NO2. The number of aliphatic hydroxyl groups is 1. The normalized spacial score (nSPS) is 13.1. The highest BCUT2D eigenvalue weighted by Gasteiger charge is 2.05. The summed E-state index contributed by atoms with van der Waals surface area (Å²) in [6.45, 7) is 2.52. The Bertz CT molecular complexity index is 335. The van der Waals surface area contributed by atoms with Gasteiger partial charge in [0.15, 0.2) is 0 Å². The van der Waals surface area contributed by atoms with Crippen molar-refractivity contribution < 1.29 is 10.2 Å². The molecular weight excluding hydrogens is 202 g/mol. The molecule has 16 heavy (non-hydrogen) atoms. The van der Waals surface area contributed by atoms with Gasteiger partial charge in [0.05, 0.1) is 6.10 Å². The summed E-state index contributed by atoms with van der Waals surface area (Å²) in [5, 5.41) is 18.9. The van der Waals surface area contributed by atoms with Crippen LogP contribution in [0.15, 0.2) is 18.2 Å². The summed E-state index contributed by atoms with van der Waals surface area (Å²) >= 11 is 0. The van der Waals surface area contributed by atoms with Crippen LogP contribution in [0.5, 0.6) is 5.75 Å². The first-order chi connectivity index (χ1) is 7.49. The zero-order valence-electron chi connectivity index (χ0n) is 10.3. The maximum absolute atomic E-state index is 9.69. The van der Waals surface area contributed by atoms with Crippen LogP contribution < -0.4 is 0 Å². The van der Waals surface area contributed by atoms with E-state index in [9.17, 15) is 10.2 Å². The van der Waals surface area contributed by atoms with E-state index in [1.54, 1.807) is 13.0 Å². The lowest BCUT2D eigenvalue weighted by molar-refractivity contribution is 0.185. The second-order valence-corrected chi connectivity index (χ2v) is 4.59. The highest BCUT2D eigenvalue weighted by Crippen LogP contribution is 2.20. The molecule has 0 saturated heterocycles. The zero-order chi connectivity index (χ0) is 12.1. The van der Waals surface area contributed by atoms with Gasteiger partial charge in [-0.1, -0.05) is 12.1 Å². The van der Waals surface area contributed by atoms with Gasteiger partial charge in [-0.25, -0.2) is 0 Å². The highest BCUT2D eigenvalue weighted by atomic mass is 16.3. The van der Waals surface area contributed by atoms with E-state index in [0.717, 1.165) is 30.5 Å². The molecule has 1 aromatic carbocycles. The fraction of sp³-hybridized carbons (Fsp3) is 0.538. The third kappa shape index (κ3) is 4.21. The molecule has 0 unspecified atom stereocenters. The molecule has 0 radical (unpaired) electrons. The molecule has 0 saturated carbocycles. The quantitative estimate of drug-likeness (QED) is 0.799. The second-order valence-electron chi connectivity index (χ2n) is 4.59. The lowest BCUT2D eigenvalue weighted by Crippen LogP contribution is -2.11. The van der Waals surface area contributed by atoms with Crippen molar-refractivity contribution in [3.8, 4) is 5.75 Å². The van der Waals surface area contributed by atoms with Crippen LogP contribution in [0.25, 0.3) is 0 Å². The lowest BCUT2D eigenvalue weighted by Gasteiger charge is -2.13. The number of hydrogen-bond donors (Lipinski definition) is 2. The molecule has 1 aromatic rings. The van der Waals surface area contributed by atoms with Gasteiger partial charge in [0.2, 0.25) is 0 Å². The van der Waals surface area contributed by atoms with Crippen LogP contribution in [-0.4, -0.2) is 35.3 Å². The zero-order valence-corrected chi connectivity index (χ0v) is 10.3. The van der Waals surface area contributed by atoms with Gasteiger partial charge in [-0.3, -0.25) is 0 Å². The molecule has 0 amide bonds. The van der Waals surface area contributed by atoms with Gasteiger partial charge in [-0.2, -0.15) is 0 Å². The maximum Gasteiger partial charge on any atom is 0.120 e. The first kappa shape index (κ1) is 13.0. The van der Waals surface area contributed by atoms with Crippen LogP contribution in [0.1, 0.15) is 24.5 Å². The molecule has 0 aromatic heterocycles. The minimum atomic E-state index is -0.272. The van der Waals surface area contributed by atoms with Crippen molar-refractivity contribution in [2.75, 3.05) is 14.1 Å². The van der Waals surface area contributed by atoms with Crippen LogP contribution in [0.2, 0.25) is 0 Å². The Morgan fingerprint density at radius 3 is 2.56 bits per heavy atom. The number of benzene rings is 1. The molecule has 0 heterocycles. The molecule has 0 spiro atoms. The SMILES string of the molecule is C[C@@H](O)CCc1ccc(O)c(CN(C)C)c1. The summed E-state index contributed by atoms with van der Waals surface area (Å²) < 4.78 is 0. The Morgan fingerprint density at radius 2 is 2.00 bits per heavy atom. The van der Waals surface area contributed by atoms with Gasteiger partial charge >= 0.3 is 0 Å². The van der Waals surface area contributed by atoms with Gasteiger partial charge in [-0.15, -0.1) is 0 Å². The summed E-state index contributed by atoms with van der Waals surface area (Å²) in [7, 11) is 3.95. The van der Waals surface area contributed by atoms with Crippen molar-refractivity contribution in [2.45, 2.75) is 32.4 Å². The Kier molecular flexibility index (Phi) is 4.77. The van der Waals surface area contributed by atoms with Crippen LogP contribution >= 0.6 is 0 Å². The smallest absolute Gasteiger partial charge is 0.120 e. The number of phenols is 1. The lowest BCUT2D eigenvalue weighted by atomic mass is 10.0. The van der Waals surface area contributed by atoms with Crippen LogP contribution in [0, 0.1) is 0 Å². The number of rotatable bonds is 5. The average molecular weight is 223 g/mol. The van der Waals surface area contributed by atoms with E-state index in [-0.39, 0.29) is 6.10 Å². The predicted molar refractivity (Wildman–Crippen MR) is 65.5 cm³/mol. The van der Waals surface area contributed by atoms with Crippen LogP contribution in [0.3, 0.4) is 0 Å². The fourth-order valence-corrected chi connectivity index (χ4v) is 1.64. The minimum Gasteiger partial charge on any atom is -0.508 e. The summed E-state index contributed by atoms with van der Waals surface area (Å²) in [6.07, 6.45) is 1.33. The van der Waals surface area contributed by atoms with E-state index in [0.29, 0.717) is 5.75 Å². The Morgan fingerprint density at radius 1 is 1.31 bits per heavy atom. The molecule has 0 aliphatic carbocycles. The molecule has 3 heteroatoms. The van der Waals surface area contributed by atoms with E-state index in [1.165, 1.54) is 0 Å². The third-order valence-electron chi connectivity index (χ3n) is 2.48. The van der Waals surface area contributed by atoms with E-state index in [4.69, 9.17) is 0 Å². The van der Waals surface area contributed by atoms with Gasteiger partial charge in [-0.05, 0) is 45.5 Å². The van der Waals surface area contributed by atoms with Crippen molar-refractivity contribution in [3.05, 3.63) is 29.3 Å². The maximum atomic E-state index is 9.69. The van der Waals surface area contributed by atoms with Gasteiger partial charge in [0.25, 0.3) is 0 Å². The topological polar surface area (TPSA) is 43.7 Å². The van der Waals surface area contributed by atoms with Crippen molar-refractivity contribution in [1.29, 1.82) is 0 Å². The molecule has 0 aliphatic heterocycles. The van der Waals surface area contributed by atoms with E-state index in [1.807, 2.05) is 31.1 Å². The number of aliphatic hydroxyl groups excluding tert-OH is 1. The molecule has 90 valence electrons. The Labute approximate surface area is 97.3 Å². The number of aromatic hydroxyl groups is 1. The summed E-state index contributed by atoms with van der Waals surface area (Å²) in [5.41, 5.74) is 2.10. The molecule has 0 bridgehead atoms. The van der Waals surface area contributed by atoms with Gasteiger partial charge in [0.1, 0.15) is 5.75 Å². The van der Waals surface area contributed by atoms with Crippen LogP contribution in [-0.2, 0) is 13.0 Å². The van der Waals surface area contributed by atoms with Crippen molar-refractivity contribution in [2.24, 2.45) is 0 Å². The number of hydrogen-bond acceptors (Lipinski definition) is 3. The fourth-order valence-electron chi connectivity index (χ4n) is 1.64. The average Bonchev–Trinajstić information content (AvgIpc) is 2.18. The standard InChI is InChI=1S/C13H21NO2/c1-10(15)4-5-11-6-7-13(16)12(8-11)9-14(2)3/h6-8,10,15-16H,4-5,9H2,1-3H3/t10-/m1/s1. The summed E-state index contributed by atoms with van der Waals surface area (Å²) in [6, 6.07) is 5.66. The van der Waals surface area contributed by atoms with E-state index < -0.39 is 0 Å². The predicted octanol–water partition coefficient (Wildman–Crippen LogP) is 1.77. The highest BCUT2D eigenvalue weighted by molar-refractivity contribution is 5.36. The van der Waals surface area contributed by atoms with Gasteiger partial charge in [0, 0.05) is 12.1 Å². The molecule has 1 rings (SSSR count). The monoisotopic (exact) mass is 223 g/mol. The van der Waals surface area contributed by atoms with Gasteiger partial charge < -0.3 is 15.1 Å². The molecule has 0 aliphatic rings. The van der Waals surface area contributed by atoms with Crippen molar-refractivity contribution >= 4 is 0 Å². The van der Waals surface area contributed by atoms with Crippen LogP contribution in [0.4, 0.5) is 0 Å². The minimum absolute atomic E-state index is 0.272. The molecule has 1 atom stereocenters. The number of nitrogens with zero attached hydrogens (tertiary/aromatic N) is 1.